The predicted octanol–water partition coefficient (Wildman–Crippen LogP) is 1.29. The first-order valence-electron chi connectivity index (χ1n) is 7.17. The normalized spacial score (nSPS) is 37.0. The molecule has 5 atom stereocenters. The van der Waals surface area contributed by atoms with Crippen LogP contribution < -0.4 is 5.73 Å². The van der Waals surface area contributed by atoms with Gasteiger partial charge in [0.2, 0.25) is 0 Å². The summed E-state index contributed by atoms with van der Waals surface area (Å²) in [4.78, 5) is 22.9. The number of carboxylic acid groups (broad SMARTS) is 2. The quantitative estimate of drug-likeness (QED) is 0.775. The zero-order valence-corrected chi connectivity index (χ0v) is 11.8. The number of aryl methyl sites for hydroxylation is 1. The smallest absolute Gasteiger partial charge is 0.324 e. The van der Waals surface area contributed by atoms with Crippen LogP contribution >= 0.6 is 0 Å². The van der Waals surface area contributed by atoms with Crippen molar-refractivity contribution in [3.63, 3.8) is 0 Å². The van der Waals surface area contributed by atoms with Gasteiger partial charge in [0.15, 0.2) is 0 Å². The van der Waals surface area contributed by atoms with Crippen LogP contribution in [0.25, 0.3) is 0 Å². The van der Waals surface area contributed by atoms with Crippen molar-refractivity contribution in [3.05, 3.63) is 35.4 Å². The Morgan fingerprint density at radius 3 is 2.57 bits per heavy atom. The number of aliphatic carboxylic acids is 2. The number of benzene rings is 1. The summed E-state index contributed by atoms with van der Waals surface area (Å²) in [6.07, 6.45) is 1.17. The van der Waals surface area contributed by atoms with Crippen LogP contribution in [0.2, 0.25) is 0 Å². The molecule has 0 amide bonds. The Hall–Kier alpha value is -1.88. The number of fused-ring (bicyclic) bond motifs is 1. The maximum atomic E-state index is 11.7. The van der Waals surface area contributed by atoms with Gasteiger partial charge < -0.3 is 15.9 Å². The molecule has 0 spiro atoms. The van der Waals surface area contributed by atoms with Crippen LogP contribution in [0.3, 0.4) is 0 Å². The van der Waals surface area contributed by atoms with Gasteiger partial charge in [0.1, 0.15) is 5.54 Å². The van der Waals surface area contributed by atoms with Gasteiger partial charge in [0.05, 0.1) is 5.92 Å². The van der Waals surface area contributed by atoms with Crippen LogP contribution in [0.4, 0.5) is 0 Å². The molecule has 0 radical (unpaired) electrons. The molecule has 0 saturated heterocycles. The second-order valence-electron chi connectivity index (χ2n) is 6.36. The van der Waals surface area contributed by atoms with Gasteiger partial charge in [-0.15, -0.1) is 0 Å². The van der Waals surface area contributed by atoms with Crippen LogP contribution in [0.1, 0.15) is 17.5 Å². The Bertz CT molecular complexity index is 614. The lowest BCUT2D eigenvalue weighted by molar-refractivity contribution is -0.147. The number of rotatable bonds is 4. The van der Waals surface area contributed by atoms with E-state index in [0.717, 1.165) is 11.1 Å². The zero-order chi connectivity index (χ0) is 15.4. The highest BCUT2D eigenvalue weighted by molar-refractivity contribution is 5.85. The standard InChI is InChI=1S/C16H19NO4/c1-8-4-2-3-5-9(8)6-10-7-11-12(14(18)19)13(11)16(10,17)15(20)21/h2-5,10-13H,6-7,17H2,1H3,(H,18,19)(H,20,21). The van der Waals surface area contributed by atoms with Crippen molar-refractivity contribution in [2.45, 2.75) is 25.3 Å². The maximum absolute atomic E-state index is 11.7. The summed E-state index contributed by atoms with van der Waals surface area (Å²) in [5, 5.41) is 18.7. The van der Waals surface area contributed by atoms with Gasteiger partial charge in [0.25, 0.3) is 0 Å². The molecule has 112 valence electrons. The molecule has 5 unspecified atom stereocenters. The highest BCUT2D eigenvalue weighted by atomic mass is 16.4. The van der Waals surface area contributed by atoms with E-state index in [0.29, 0.717) is 12.8 Å². The van der Waals surface area contributed by atoms with Crippen molar-refractivity contribution in [1.82, 2.24) is 0 Å². The molecule has 21 heavy (non-hydrogen) atoms. The molecule has 5 nitrogen and oxygen atoms in total. The minimum Gasteiger partial charge on any atom is -0.481 e. The molecule has 3 rings (SSSR count). The molecule has 1 aromatic rings. The van der Waals surface area contributed by atoms with Crippen LogP contribution in [0.5, 0.6) is 0 Å². The number of hydrogen-bond acceptors (Lipinski definition) is 3. The average Bonchev–Trinajstić information content (AvgIpc) is 3.07. The molecule has 0 aromatic heterocycles. The SMILES string of the molecule is Cc1ccccc1CC1CC2C(C(=O)O)C2C1(N)C(=O)O. The molecule has 2 aliphatic carbocycles. The van der Waals surface area contributed by atoms with Crippen LogP contribution in [-0.4, -0.2) is 27.7 Å². The third kappa shape index (κ3) is 1.95. The summed E-state index contributed by atoms with van der Waals surface area (Å²) in [7, 11) is 0. The molecule has 0 bridgehead atoms. The van der Waals surface area contributed by atoms with E-state index in [1.807, 2.05) is 31.2 Å². The summed E-state index contributed by atoms with van der Waals surface area (Å²) in [6, 6.07) is 7.84. The fraction of sp³-hybridized carbons (Fsp3) is 0.500. The van der Waals surface area contributed by atoms with Crippen molar-refractivity contribution < 1.29 is 19.8 Å². The summed E-state index contributed by atoms with van der Waals surface area (Å²) in [6.45, 7) is 1.99. The van der Waals surface area contributed by atoms with Gasteiger partial charge in [-0.2, -0.15) is 0 Å². The molecule has 2 saturated carbocycles. The van der Waals surface area contributed by atoms with E-state index in [-0.39, 0.29) is 11.8 Å². The summed E-state index contributed by atoms with van der Waals surface area (Å²) in [5.74, 6) is -3.30. The predicted molar refractivity (Wildman–Crippen MR) is 75.7 cm³/mol. The fourth-order valence-corrected chi connectivity index (χ4v) is 4.12. The lowest BCUT2D eigenvalue weighted by Gasteiger charge is -2.31. The van der Waals surface area contributed by atoms with Gasteiger partial charge in [-0.1, -0.05) is 24.3 Å². The first-order valence-corrected chi connectivity index (χ1v) is 7.17. The minimum atomic E-state index is -1.42. The van der Waals surface area contributed by atoms with Crippen molar-refractivity contribution >= 4 is 11.9 Å². The zero-order valence-electron chi connectivity index (χ0n) is 11.8. The van der Waals surface area contributed by atoms with Gasteiger partial charge in [-0.05, 0) is 42.7 Å². The third-order valence-electron chi connectivity index (χ3n) is 5.34. The summed E-state index contributed by atoms with van der Waals surface area (Å²) in [5.41, 5.74) is 6.98. The van der Waals surface area contributed by atoms with Crippen molar-refractivity contribution in [3.8, 4) is 0 Å². The Labute approximate surface area is 122 Å². The Balaban J connectivity index is 1.86. The van der Waals surface area contributed by atoms with E-state index in [9.17, 15) is 14.7 Å². The van der Waals surface area contributed by atoms with Crippen LogP contribution in [0, 0.1) is 30.6 Å². The fourth-order valence-electron chi connectivity index (χ4n) is 4.12. The van der Waals surface area contributed by atoms with E-state index < -0.39 is 29.3 Å². The van der Waals surface area contributed by atoms with E-state index in [1.54, 1.807) is 0 Å². The molecular weight excluding hydrogens is 270 g/mol. The number of carboxylic acids is 2. The number of hydrogen-bond donors (Lipinski definition) is 3. The van der Waals surface area contributed by atoms with Gasteiger partial charge in [-0.3, -0.25) is 9.59 Å². The van der Waals surface area contributed by atoms with Crippen molar-refractivity contribution in [1.29, 1.82) is 0 Å². The summed E-state index contributed by atoms with van der Waals surface area (Å²) < 4.78 is 0. The molecule has 5 heteroatoms. The number of nitrogens with two attached hydrogens (primary N) is 1. The largest absolute Gasteiger partial charge is 0.481 e. The average molecular weight is 289 g/mol. The van der Waals surface area contributed by atoms with E-state index in [4.69, 9.17) is 10.8 Å². The minimum absolute atomic E-state index is 0.0855. The molecule has 0 aliphatic heterocycles. The van der Waals surface area contributed by atoms with E-state index in [1.165, 1.54) is 0 Å². The molecular formula is C16H19NO4. The van der Waals surface area contributed by atoms with Crippen molar-refractivity contribution in [2.24, 2.45) is 29.4 Å². The number of carbonyl (C=O) groups is 2. The topological polar surface area (TPSA) is 101 Å². The van der Waals surface area contributed by atoms with Crippen LogP contribution in [0.15, 0.2) is 24.3 Å². The first kappa shape index (κ1) is 14.1. The van der Waals surface area contributed by atoms with Gasteiger partial charge >= 0.3 is 11.9 Å². The van der Waals surface area contributed by atoms with Gasteiger partial charge in [-0.25, -0.2) is 0 Å². The maximum Gasteiger partial charge on any atom is 0.324 e. The highest BCUT2D eigenvalue weighted by Crippen LogP contribution is 2.64. The highest BCUT2D eigenvalue weighted by Gasteiger charge is 2.73. The monoisotopic (exact) mass is 289 g/mol. The van der Waals surface area contributed by atoms with E-state index in [2.05, 4.69) is 0 Å². The Morgan fingerprint density at radius 2 is 2.00 bits per heavy atom. The van der Waals surface area contributed by atoms with Crippen LogP contribution in [-0.2, 0) is 16.0 Å². The molecule has 2 fully saturated rings. The van der Waals surface area contributed by atoms with Crippen molar-refractivity contribution in [2.75, 3.05) is 0 Å². The first-order chi connectivity index (χ1) is 9.87. The second kappa shape index (κ2) is 4.56. The Kier molecular flexibility index (Phi) is 3.06. The lowest BCUT2D eigenvalue weighted by Crippen LogP contribution is -2.55. The molecule has 0 heterocycles. The lowest BCUT2D eigenvalue weighted by atomic mass is 9.77. The third-order valence-corrected chi connectivity index (χ3v) is 5.34. The second-order valence-corrected chi connectivity index (χ2v) is 6.36. The Morgan fingerprint density at radius 1 is 1.33 bits per heavy atom. The molecule has 4 N–H and O–H groups in total. The summed E-state index contributed by atoms with van der Waals surface area (Å²) >= 11 is 0. The van der Waals surface area contributed by atoms with E-state index >= 15 is 0 Å². The molecule has 2 aliphatic rings. The van der Waals surface area contributed by atoms with Gasteiger partial charge in [0, 0.05) is 5.92 Å². The molecule has 1 aromatic carbocycles.